The SMILES string of the molecule is C[C@@H]1CC[C@@]2(OC1)O[C@H]1C[C@H]3[C@@H]4CCC5C[C@@H](O)CC[C@]5(C)[C@H]4CC[C@]3(C)[C@H]1[C@@H]2C.C[C@@H]1CC[C@@]2(OC1)O[C@H]1C[C@H]3[C@@H]4CCC5C[C@@H](O)CC[C@]5(C)[C@H]4CC[C@]3(C)[C@H]1[C@@H]2C. The van der Waals surface area contributed by atoms with Crippen LogP contribution in [-0.4, -0.2) is 59.4 Å². The number of hydrogen-bond acceptors (Lipinski definition) is 6. The molecule has 6 heteroatoms. The fourth-order valence-electron chi connectivity index (χ4n) is 20.5. The van der Waals surface area contributed by atoms with E-state index in [9.17, 15) is 10.2 Å². The molecule has 4 heterocycles. The number of ether oxygens (including phenoxy) is 4. The van der Waals surface area contributed by atoms with Gasteiger partial charge in [-0.1, -0.05) is 55.4 Å². The summed E-state index contributed by atoms with van der Waals surface area (Å²) < 4.78 is 26.7. The average molecular weight is 833 g/mol. The lowest BCUT2D eigenvalue weighted by Gasteiger charge is -2.61. The first-order chi connectivity index (χ1) is 28.5. The van der Waals surface area contributed by atoms with Crippen molar-refractivity contribution in [3.8, 4) is 0 Å². The molecule has 2 spiro atoms. The third kappa shape index (κ3) is 6.02. The van der Waals surface area contributed by atoms with Crippen LogP contribution in [0.1, 0.15) is 184 Å². The van der Waals surface area contributed by atoms with Gasteiger partial charge in [0.05, 0.1) is 37.6 Å². The third-order valence-electron chi connectivity index (χ3n) is 23.8. The highest BCUT2D eigenvalue weighted by atomic mass is 16.7. The van der Waals surface area contributed by atoms with Crippen LogP contribution < -0.4 is 0 Å². The van der Waals surface area contributed by atoms with E-state index in [1.165, 1.54) is 89.9 Å². The van der Waals surface area contributed by atoms with E-state index < -0.39 is 0 Å². The Morgan fingerprint density at radius 2 is 0.817 bits per heavy atom. The lowest BCUT2D eigenvalue weighted by molar-refractivity contribution is -0.273. The Hall–Kier alpha value is -0.240. The van der Waals surface area contributed by atoms with Crippen LogP contribution in [0, 0.1) is 105 Å². The van der Waals surface area contributed by atoms with Crippen LogP contribution in [0.4, 0.5) is 0 Å². The van der Waals surface area contributed by atoms with Crippen LogP contribution >= 0.6 is 0 Å². The Labute approximate surface area is 365 Å². The van der Waals surface area contributed by atoms with Gasteiger partial charge >= 0.3 is 0 Å². The van der Waals surface area contributed by atoms with Crippen molar-refractivity contribution in [1.29, 1.82) is 0 Å². The van der Waals surface area contributed by atoms with Crippen LogP contribution in [0.25, 0.3) is 0 Å². The zero-order chi connectivity index (χ0) is 41.8. The maximum absolute atomic E-state index is 10.3. The van der Waals surface area contributed by atoms with Crippen LogP contribution in [0.2, 0.25) is 0 Å². The van der Waals surface area contributed by atoms with Crippen molar-refractivity contribution < 1.29 is 29.2 Å². The van der Waals surface area contributed by atoms with E-state index in [1.807, 2.05) is 0 Å². The van der Waals surface area contributed by atoms with E-state index >= 15 is 0 Å². The van der Waals surface area contributed by atoms with Crippen molar-refractivity contribution in [3.63, 3.8) is 0 Å². The molecule has 0 bridgehead atoms. The predicted octanol–water partition coefficient (Wildman–Crippen LogP) is 11.6. The molecule has 4 aliphatic heterocycles. The Kier molecular flexibility index (Phi) is 10.3. The Morgan fingerprint density at radius 1 is 0.417 bits per heavy atom. The standard InChI is InChI=1S/2C27H44O3/c2*1-16-7-12-27(29-15-16)17(2)24-23(30-27)14-22-20-6-5-18-13-19(28)8-10-25(18,3)21(20)9-11-26(22,24)4/h2*16-24,28H,5-15H2,1-4H3/t2*16-,17+,18?,19+,20-,21+,22+,23+,24+,25+,26+,27-/m11/s1. The van der Waals surface area contributed by atoms with Gasteiger partial charge < -0.3 is 29.2 Å². The average Bonchev–Trinajstić information content (AvgIpc) is 3.87. The third-order valence-corrected chi connectivity index (χ3v) is 23.8. The second-order valence-corrected chi connectivity index (χ2v) is 26.2. The topological polar surface area (TPSA) is 77.4 Å². The summed E-state index contributed by atoms with van der Waals surface area (Å²) in [5.41, 5.74) is 1.80. The second kappa shape index (κ2) is 14.6. The zero-order valence-electron chi connectivity index (χ0n) is 39.5. The van der Waals surface area contributed by atoms with Crippen molar-refractivity contribution in [2.45, 2.75) is 220 Å². The van der Waals surface area contributed by atoms with Gasteiger partial charge in [0.15, 0.2) is 11.6 Å². The molecule has 0 aromatic carbocycles. The van der Waals surface area contributed by atoms with E-state index in [0.29, 0.717) is 69.4 Å². The molecule has 0 amide bonds. The molecule has 4 saturated heterocycles. The van der Waals surface area contributed by atoms with Gasteiger partial charge in [0, 0.05) is 24.7 Å². The van der Waals surface area contributed by atoms with Crippen LogP contribution in [0.3, 0.4) is 0 Å². The second-order valence-electron chi connectivity index (χ2n) is 26.2. The molecule has 2 unspecified atom stereocenters. The first kappa shape index (κ1) is 42.4. The van der Waals surface area contributed by atoms with Crippen molar-refractivity contribution >= 4 is 0 Å². The number of aliphatic hydroxyl groups is 2. The van der Waals surface area contributed by atoms with E-state index in [0.717, 1.165) is 99.1 Å². The molecule has 8 saturated carbocycles. The molecule has 0 aromatic heterocycles. The first-order valence-corrected chi connectivity index (χ1v) is 26.5. The summed E-state index contributed by atoms with van der Waals surface area (Å²) in [6, 6.07) is 0. The highest BCUT2D eigenvalue weighted by molar-refractivity contribution is 5.17. The summed E-state index contributed by atoms with van der Waals surface area (Å²) in [6.45, 7) is 21.8. The summed E-state index contributed by atoms with van der Waals surface area (Å²) in [5, 5.41) is 20.6. The summed E-state index contributed by atoms with van der Waals surface area (Å²) in [7, 11) is 0. The summed E-state index contributed by atoms with van der Waals surface area (Å²) in [4.78, 5) is 0. The molecular weight excluding hydrogens is 745 g/mol. The lowest BCUT2D eigenvalue weighted by atomic mass is 9.44. The minimum Gasteiger partial charge on any atom is -0.393 e. The van der Waals surface area contributed by atoms with Gasteiger partial charge in [0.1, 0.15) is 0 Å². The van der Waals surface area contributed by atoms with Gasteiger partial charge in [-0.3, -0.25) is 0 Å². The molecule has 0 aromatic rings. The van der Waals surface area contributed by atoms with E-state index in [2.05, 4.69) is 55.4 Å². The Bertz CT molecular complexity index is 1480. The normalized spacial score (nSPS) is 62.5. The fourth-order valence-corrected chi connectivity index (χ4v) is 20.5. The first-order valence-electron chi connectivity index (χ1n) is 26.5. The van der Waals surface area contributed by atoms with Gasteiger partial charge in [-0.2, -0.15) is 0 Å². The molecule has 8 aliphatic carbocycles. The van der Waals surface area contributed by atoms with Gasteiger partial charge in [0.25, 0.3) is 0 Å². The summed E-state index contributed by atoms with van der Waals surface area (Å²) >= 11 is 0. The molecule has 60 heavy (non-hydrogen) atoms. The number of aliphatic hydroxyl groups excluding tert-OH is 2. The number of hydrogen-bond donors (Lipinski definition) is 2. The minimum absolute atomic E-state index is 0.0389. The molecule has 12 fully saturated rings. The van der Waals surface area contributed by atoms with E-state index in [1.54, 1.807) is 0 Å². The van der Waals surface area contributed by atoms with Gasteiger partial charge in [-0.05, 0) is 208 Å². The molecular formula is C54H88O6. The lowest BCUT2D eigenvalue weighted by Crippen LogP contribution is -2.55. The maximum atomic E-state index is 10.3. The smallest absolute Gasteiger partial charge is 0.171 e. The maximum Gasteiger partial charge on any atom is 0.171 e. The van der Waals surface area contributed by atoms with Gasteiger partial charge in [0.2, 0.25) is 0 Å². The predicted molar refractivity (Wildman–Crippen MR) is 235 cm³/mol. The van der Waals surface area contributed by atoms with Crippen LogP contribution in [-0.2, 0) is 18.9 Å². The zero-order valence-corrected chi connectivity index (χ0v) is 39.5. The molecule has 2 N–H and O–H groups in total. The Morgan fingerprint density at radius 3 is 1.20 bits per heavy atom. The number of fused-ring (bicyclic) bond motifs is 14. The van der Waals surface area contributed by atoms with Crippen LogP contribution in [0.5, 0.6) is 0 Å². The molecule has 24 atom stereocenters. The molecule has 12 aliphatic rings. The largest absolute Gasteiger partial charge is 0.393 e. The van der Waals surface area contributed by atoms with Crippen molar-refractivity contribution in [2.75, 3.05) is 13.2 Å². The number of rotatable bonds is 0. The Balaban J connectivity index is 0.000000136. The fraction of sp³-hybridized carbons (Fsp3) is 1.00. The minimum atomic E-state index is -0.282. The van der Waals surface area contributed by atoms with Crippen molar-refractivity contribution in [2.24, 2.45) is 105 Å². The quantitative estimate of drug-likeness (QED) is 0.253. The molecule has 6 nitrogen and oxygen atoms in total. The summed E-state index contributed by atoms with van der Waals surface area (Å²) in [6.07, 6.45) is 25.7. The summed E-state index contributed by atoms with van der Waals surface area (Å²) in [5.74, 6) is 9.87. The monoisotopic (exact) mass is 833 g/mol. The highest BCUT2D eigenvalue weighted by Crippen LogP contribution is 2.73. The van der Waals surface area contributed by atoms with E-state index in [4.69, 9.17) is 18.9 Å². The van der Waals surface area contributed by atoms with Gasteiger partial charge in [-0.25, -0.2) is 0 Å². The molecule has 12 rings (SSSR count). The molecule has 340 valence electrons. The molecule has 0 radical (unpaired) electrons. The van der Waals surface area contributed by atoms with Crippen molar-refractivity contribution in [3.05, 3.63) is 0 Å². The highest BCUT2D eigenvalue weighted by Gasteiger charge is 2.71. The van der Waals surface area contributed by atoms with Crippen molar-refractivity contribution in [1.82, 2.24) is 0 Å². The van der Waals surface area contributed by atoms with Gasteiger partial charge in [-0.15, -0.1) is 0 Å². The van der Waals surface area contributed by atoms with E-state index in [-0.39, 0.29) is 23.8 Å². The van der Waals surface area contributed by atoms with Crippen LogP contribution in [0.15, 0.2) is 0 Å².